The van der Waals surface area contributed by atoms with Crippen molar-refractivity contribution in [1.29, 1.82) is 0 Å². The monoisotopic (exact) mass is 232 g/mol. The van der Waals surface area contributed by atoms with Crippen LogP contribution in [0.2, 0.25) is 0 Å². The zero-order chi connectivity index (χ0) is 12.6. The predicted octanol–water partition coefficient (Wildman–Crippen LogP) is 2.87. The van der Waals surface area contributed by atoms with Gasteiger partial charge >= 0.3 is 0 Å². The van der Waals surface area contributed by atoms with Gasteiger partial charge in [0.05, 0.1) is 0 Å². The van der Waals surface area contributed by atoms with Gasteiger partial charge in [-0.25, -0.2) is 0 Å². The Labute approximate surface area is 105 Å². The Morgan fingerprint density at radius 3 is 2.59 bits per heavy atom. The van der Waals surface area contributed by atoms with Crippen molar-refractivity contribution in [2.75, 3.05) is 18.0 Å². The maximum atomic E-state index is 5.89. The minimum absolute atomic E-state index is 0.175. The molecule has 1 heterocycles. The van der Waals surface area contributed by atoms with E-state index in [9.17, 15) is 0 Å². The Bertz CT molecular complexity index is 409. The van der Waals surface area contributed by atoms with Crippen molar-refractivity contribution in [3.63, 3.8) is 0 Å². The van der Waals surface area contributed by atoms with Gasteiger partial charge in [-0.1, -0.05) is 17.7 Å². The van der Waals surface area contributed by atoms with Crippen molar-refractivity contribution in [1.82, 2.24) is 0 Å². The van der Waals surface area contributed by atoms with Crippen LogP contribution in [0.25, 0.3) is 0 Å². The maximum absolute atomic E-state index is 5.89. The third-order valence-electron chi connectivity index (χ3n) is 4.32. The number of hydrogen-bond donors (Lipinski definition) is 1. The quantitative estimate of drug-likeness (QED) is 0.849. The third kappa shape index (κ3) is 2.06. The maximum Gasteiger partial charge on any atom is 0.0400 e. The van der Waals surface area contributed by atoms with Crippen molar-refractivity contribution >= 4 is 5.69 Å². The lowest BCUT2D eigenvalue weighted by atomic mass is 9.88. The lowest BCUT2D eigenvalue weighted by Gasteiger charge is -2.38. The molecule has 0 spiro atoms. The number of hydrogen-bond acceptors (Lipinski definition) is 2. The summed E-state index contributed by atoms with van der Waals surface area (Å²) < 4.78 is 0. The Balaban J connectivity index is 2.35. The van der Waals surface area contributed by atoms with E-state index in [2.05, 4.69) is 50.8 Å². The second kappa shape index (κ2) is 4.34. The van der Waals surface area contributed by atoms with Gasteiger partial charge in [0.1, 0.15) is 0 Å². The van der Waals surface area contributed by atoms with Crippen molar-refractivity contribution in [2.45, 2.75) is 39.7 Å². The van der Waals surface area contributed by atoms with Crippen LogP contribution >= 0.6 is 0 Å². The first-order valence-electron chi connectivity index (χ1n) is 6.51. The number of rotatable bonds is 2. The fraction of sp³-hybridized carbons (Fsp3) is 0.600. The molecule has 17 heavy (non-hydrogen) atoms. The summed E-state index contributed by atoms with van der Waals surface area (Å²) in [5.41, 5.74) is 10.1. The highest BCUT2D eigenvalue weighted by Crippen LogP contribution is 2.39. The van der Waals surface area contributed by atoms with E-state index in [4.69, 9.17) is 5.73 Å². The van der Waals surface area contributed by atoms with Crippen LogP contribution in [0.1, 0.15) is 31.4 Å². The lowest BCUT2D eigenvalue weighted by Crippen LogP contribution is -2.45. The zero-order valence-corrected chi connectivity index (χ0v) is 11.5. The minimum Gasteiger partial charge on any atom is -0.366 e. The first-order chi connectivity index (χ1) is 7.96. The molecular formula is C15H24N2. The molecule has 1 aromatic rings. The van der Waals surface area contributed by atoms with Gasteiger partial charge < -0.3 is 10.6 Å². The highest BCUT2D eigenvalue weighted by atomic mass is 15.2. The molecule has 1 aromatic carbocycles. The summed E-state index contributed by atoms with van der Waals surface area (Å²) in [6, 6.07) is 6.72. The number of nitrogens with two attached hydrogens (primary N) is 1. The molecule has 0 amide bonds. The molecule has 0 aromatic heterocycles. The summed E-state index contributed by atoms with van der Waals surface area (Å²) >= 11 is 0. The fourth-order valence-electron chi connectivity index (χ4n) is 3.09. The second-order valence-corrected chi connectivity index (χ2v) is 5.82. The molecule has 1 saturated heterocycles. The number of benzene rings is 1. The molecule has 2 rings (SSSR count). The summed E-state index contributed by atoms with van der Waals surface area (Å²) in [6.07, 6.45) is 1.21. The van der Waals surface area contributed by atoms with Crippen molar-refractivity contribution in [3.05, 3.63) is 29.3 Å². The molecule has 0 saturated carbocycles. The molecule has 94 valence electrons. The third-order valence-corrected chi connectivity index (χ3v) is 4.32. The van der Waals surface area contributed by atoms with Crippen LogP contribution < -0.4 is 10.6 Å². The molecule has 1 aliphatic rings. The number of nitrogens with zero attached hydrogens (tertiary/aromatic N) is 1. The van der Waals surface area contributed by atoms with E-state index in [1.807, 2.05) is 0 Å². The first kappa shape index (κ1) is 12.4. The molecule has 1 fully saturated rings. The van der Waals surface area contributed by atoms with E-state index in [0.29, 0.717) is 5.92 Å². The van der Waals surface area contributed by atoms with Gasteiger partial charge in [-0.15, -0.1) is 0 Å². The van der Waals surface area contributed by atoms with Crippen LogP contribution in [0.5, 0.6) is 0 Å². The molecule has 0 bridgehead atoms. The first-order valence-corrected chi connectivity index (χ1v) is 6.51. The van der Waals surface area contributed by atoms with Crippen LogP contribution in [0.15, 0.2) is 18.2 Å². The molecule has 2 heteroatoms. The van der Waals surface area contributed by atoms with Gasteiger partial charge in [0.2, 0.25) is 0 Å². The molecule has 2 nitrogen and oxygen atoms in total. The van der Waals surface area contributed by atoms with Crippen LogP contribution in [-0.4, -0.2) is 18.6 Å². The Morgan fingerprint density at radius 2 is 2.06 bits per heavy atom. The van der Waals surface area contributed by atoms with Gasteiger partial charge in [-0.05, 0) is 58.2 Å². The summed E-state index contributed by atoms with van der Waals surface area (Å²) in [5.74, 6) is 0.600. The van der Waals surface area contributed by atoms with Gasteiger partial charge in [-0.3, -0.25) is 0 Å². The SMILES string of the molecule is Cc1ccc(N2CCC(CN)C2(C)C)c(C)c1. The average Bonchev–Trinajstić information content (AvgIpc) is 2.54. The Kier molecular flexibility index (Phi) is 3.17. The molecule has 1 atom stereocenters. The minimum atomic E-state index is 0.175. The number of aryl methyl sites for hydroxylation is 2. The van der Waals surface area contributed by atoms with Crippen LogP contribution in [0.3, 0.4) is 0 Å². The molecule has 2 N–H and O–H groups in total. The Hall–Kier alpha value is -1.02. The van der Waals surface area contributed by atoms with Gasteiger partial charge in [0, 0.05) is 17.8 Å². The number of anilines is 1. The smallest absolute Gasteiger partial charge is 0.0400 e. The summed E-state index contributed by atoms with van der Waals surface area (Å²) in [6.45, 7) is 10.9. The standard InChI is InChI=1S/C15H24N2/c1-11-5-6-14(12(2)9-11)17-8-7-13(10-16)15(17,3)4/h5-6,9,13H,7-8,10,16H2,1-4H3. The van der Waals surface area contributed by atoms with Crippen LogP contribution in [0, 0.1) is 19.8 Å². The lowest BCUT2D eigenvalue weighted by molar-refractivity contribution is 0.373. The zero-order valence-electron chi connectivity index (χ0n) is 11.5. The van der Waals surface area contributed by atoms with Gasteiger partial charge in [0.25, 0.3) is 0 Å². The van der Waals surface area contributed by atoms with Crippen molar-refractivity contribution in [3.8, 4) is 0 Å². The molecule has 1 unspecified atom stereocenters. The van der Waals surface area contributed by atoms with Crippen LogP contribution in [-0.2, 0) is 0 Å². The van der Waals surface area contributed by atoms with Crippen LogP contribution in [0.4, 0.5) is 5.69 Å². The molecule has 0 aliphatic carbocycles. The largest absolute Gasteiger partial charge is 0.366 e. The fourth-order valence-corrected chi connectivity index (χ4v) is 3.09. The predicted molar refractivity (Wildman–Crippen MR) is 74.5 cm³/mol. The normalized spacial score (nSPS) is 23.1. The van der Waals surface area contributed by atoms with E-state index in [0.717, 1.165) is 13.1 Å². The van der Waals surface area contributed by atoms with Gasteiger partial charge in [-0.2, -0.15) is 0 Å². The van der Waals surface area contributed by atoms with E-state index >= 15 is 0 Å². The van der Waals surface area contributed by atoms with Crippen molar-refractivity contribution in [2.24, 2.45) is 11.7 Å². The highest BCUT2D eigenvalue weighted by molar-refractivity contribution is 5.57. The molecule has 0 radical (unpaired) electrons. The van der Waals surface area contributed by atoms with E-state index in [1.54, 1.807) is 0 Å². The molecule has 1 aliphatic heterocycles. The summed E-state index contributed by atoms with van der Waals surface area (Å²) in [5, 5.41) is 0. The van der Waals surface area contributed by atoms with E-state index < -0.39 is 0 Å². The van der Waals surface area contributed by atoms with Gasteiger partial charge in [0.15, 0.2) is 0 Å². The highest BCUT2D eigenvalue weighted by Gasteiger charge is 2.40. The van der Waals surface area contributed by atoms with E-state index in [1.165, 1.54) is 23.2 Å². The Morgan fingerprint density at radius 1 is 1.35 bits per heavy atom. The van der Waals surface area contributed by atoms with Crippen molar-refractivity contribution < 1.29 is 0 Å². The second-order valence-electron chi connectivity index (χ2n) is 5.82. The van der Waals surface area contributed by atoms with E-state index in [-0.39, 0.29) is 5.54 Å². The summed E-state index contributed by atoms with van der Waals surface area (Å²) in [7, 11) is 0. The molecular weight excluding hydrogens is 208 g/mol. The topological polar surface area (TPSA) is 29.3 Å². The summed E-state index contributed by atoms with van der Waals surface area (Å²) in [4.78, 5) is 2.53. The average molecular weight is 232 g/mol.